The first kappa shape index (κ1) is 15.1. The van der Waals surface area contributed by atoms with E-state index in [2.05, 4.69) is 20.9 Å². The quantitative estimate of drug-likeness (QED) is 0.867. The Morgan fingerprint density at radius 1 is 1.63 bits per heavy atom. The molecule has 2 N–H and O–H groups in total. The molecule has 0 saturated carbocycles. The maximum Gasteiger partial charge on any atom is 0.169 e. The van der Waals surface area contributed by atoms with Crippen molar-refractivity contribution in [1.82, 2.24) is 4.98 Å². The van der Waals surface area contributed by atoms with E-state index in [1.807, 2.05) is 11.0 Å². The van der Waals surface area contributed by atoms with Gasteiger partial charge in [0, 0.05) is 47.1 Å². The van der Waals surface area contributed by atoms with Gasteiger partial charge in [-0.05, 0) is 22.0 Å². The average Bonchev–Trinajstić information content (AvgIpc) is 2.37. The molecule has 0 spiro atoms. The second-order valence-corrected chi connectivity index (χ2v) is 8.66. The van der Waals surface area contributed by atoms with Gasteiger partial charge in [0.05, 0.1) is 0 Å². The highest BCUT2D eigenvalue weighted by molar-refractivity contribution is 9.10. The Balaban J connectivity index is 2.43. The minimum absolute atomic E-state index is 0.335. The summed E-state index contributed by atoms with van der Waals surface area (Å²) in [5, 5.41) is -0.523. The van der Waals surface area contributed by atoms with Crippen molar-refractivity contribution < 1.29 is 8.42 Å². The van der Waals surface area contributed by atoms with Crippen LogP contribution in [-0.4, -0.2) is 43.1 Å². The molecule has 0 aromatic carbocycles. The highest BCUT2D eigenvalue weighted by Gasteiger charge is 2.32. The zero-order chi connectivity index (χ0) is 14.0. The fourth-order valence-electron chi connectivity index (χ4n) is 2.06. The van der Waals surface area contributed by atoms with Crippen molar-refractivity contribution >= 4 is 43.3 Å². The highest BCUT2D eigenvalue weighted by atomic mass is 79.9. The van der Waals surface area contributed by atoms with E-state index in [1.165, 1.54) is 6.26 Å². The number of hydrogen-bond donors (Lipinski definition) is 1. The van der Waals surface area contributed by atoms with Crippen LogP contribution in [0.2, 0.25) is 0 Å². The highest BCUT2D eigenvalue weighted by Crippen LogP contribution is 2.29. The van der Waals surface area contributed by atoms with Gasteiger partial charge in [-0.1, -0.05) is 0 Å². The lowest BCUT2D eigenvalue weighted by Crippen LogP contribution is -2.47. The van der Waals surface area contributed by atoms with Crippen molar-refractivity contribution in [3.63, 3.8) is 0 Å². The molecule has 0 aliphatic carbocycles. The number of nitrogens with zero attached hydrogens (tertiary/aromatic N) is 2. The number of thioether (sulfide) groups is 1. The Morgan fingerprint density at radius 2 is 2.37 bits per heavy atom. The predicted octanol–water partition coefficient (Wildman–Crippen LogP) is 1.23. The first-order chi connectivity index (χ1) is 8.93. The van der Waals surface area contributed by atoms with Gasteiger partial charge in [0.1, 0.15) is 11.2 Å². The molecule has 8 heteroatoms. The van der Waals surface area contributed by atoms with Gasteiger partial charge in [-0.2, -0.15) is 11.8 Å². The summed E-state index contributed by atoms with van der Waals surface area (Å²) < 4.78 is 24.7. The van der Waals surface area contributed by atoms with Crippen LogP contribution in [0.4, 0.5) is 5.82 Å². The first-order valence-corrected chi connectivity index (χ1v) is 9.71. The standard InChI is InChI=1S/C11H16BrN3O2S2/c1-19(16,17)10-7-18-3-2-15(10)11-8(5-13)4-9(12)6-14-11/h4,6,10H,2-3,5,7,13H2,1H3. The van der Waals surface area contributed by atoms with Gasteiger partial charge >= 0.3 is 0 Å². The van der Waals surface area contributed by atoms with Gasteiger partial charge in [0.2, 0.25) is 0 Å². The summed E-state index contributed by atoms with van der Waals surface area (Å²) >= 11 is 5.01. The summed E-state index contributed by atoms with van der Waals surface area (Å²) in [5.74, 6) is 2.15. The third-order valence-corrected chi connectivity index (χ3v) is 6.06. The molecule has 5 nitrogen and oxygen atoms in total. The van der Waals surface area contributed by atoms with E-state index in [0.29, 0.717) is 24.7 Å². The lowest BCUT2D eigenvalue weighted by Gasteiger charge is -2.36. The van der Waals surface area contributed by atoms with Crippen molar-refractivity contribution in [3.05, 3.63) is 22.3 Å². The topological polar surface area (TPSA) is 76.3 Å². The number of pyridine rings is 1. The minimum Gasteiger partial charge on any atom is -0.338 e. The van der Waals surface area contributed by atoms with Gasteiger partial charge in [0.25, 0.3) is 0 Å². The molecule has 1 aromatic rings. The van der Waals surface area contributed by atoms with Crippen LogP contribution in [0, 0.1) is 0 Å². The smallest absolute Gasteiger partial charge is 0.169 e. The summed E-state index contributed by atoms with van der Waals surface area (Å²) in [7, 11) is -3.15. The maximum atomic E-state index is 11.9. The zero-order valence-corrected chi connectivity index (χ0v) is 13.8. The summed E-state index contributed by atoms with van der Waals surface area (Å²) in [6.07, 6.45) is 2.95. The van der Waals surface area contributed by atoms with Gasteiger partial charge in [-0.25, -0.2) is 13.4 Å². The van der Waals surface area contributed by atoms with Crippen LogP contribution >= 0.6 is 27.7 Å². The maximum absolute atomic E-state index is 11.9. The fourth-order valence-corrected chi connectivity index (χ4v) is 5.26. The van der Waals surface area contributed by atoms with E-state index < -0.39 is 15.2 Å². The van der Waals surface area contributed by atoms with Crippen molar-refractivity contribution in [2.75, 3.05) is 29.2 Å². The SMILES string of the molecule is CS(=O)(=O)C1CSCCN1c1ncc(Br)cc1CN. The molecule has 19 heavy (non-hydrogen) atoms. The van der Waals surface area contributed by atoms with E-state index >= 15 is 0 Å². The van der Waals surface area contributed by atoms with E-state index in [-0.39, 0.29) is 0 Å². The minimum atomic E-state index is -3.15. The second-order valence-electron chi connectivity index (χ2n) is 4.39. The molecule has 1 aromatic heterocycles. The predicted molar refractivity (Wildman–Crippen MR) is 83.1 cm³/mol. The number of halogens is 1. The molecule has 0 amide bonds. The van der Waals surface area contributed by atoms with Crippen LogP contribution in [0.3, 0.4) is 0 Å². The molecule has 1 aliphatic rings. The Hall–Kier alpha value is -0.310. The van der Waals surface area contributed by atoms with Gasteiger partial charge in [-0.3, -0.25) is 0 Å². The largest absolute Gasteiger partial charge is 0.338 e. The van der Waals surface area contributed by atoms with Crippen LogP contribution in [0.15, 0.2) is 16.7 Å². The van der Waals surface area contributed by atoms with Crippen LogP contribution in [0.1, 0.15) is 5.56 Å². The van der Waals surface area contributed by atoms with Crippen LogP contribution < -0.4 is 10.6 Å². The van der Waals surface area contributed by atoms with E-state index in [0.717, 1.165) is 15.8 Å². The van der Waals surface area contributed by atoms with E-state index in [4.69, 9.17) is 5.73 Å². The molecule has 2 rings (SSSR count). The Bertz CT molecular complexity index is 565. The Labute approximate surface area is 126 Å². The molecule has 1 fully saturated rings. The molecule has 1 aliphatic heterocycles. The van der Waals surface area contributed by atoms with Crippen molar-refractivity contribution in [2.45, 2.75) is 11.9 Å². The molecule has 1 unspecified atom stereocenters. The lowest BCUT2D eigenvalue weighted by atomic mass is 10.2. The molecule has 1 atom stereocenters. The monoisotopic (exact) mass is 365 g/mol. The summed E-state index contributed by atoms with van der Waals surface area (Å²) in [4.78, 5) is 6.22. The normalized spacial score (nSPS) is 20.6. The fraction of sp³-hybridized carbons (Fsp3) is 0.545. The van der Waals surface area contributed by atoms with E-state index in [1.54, 1.807) is 18.0 Å². The second kappa shape index (κ2) is 5.99. The van der Waals surface area contributed by atoms with Gasteiger partial charge < -0.3 is 10.6 Å². The first-order valence-electron chi connectivity index (χ1n) is 5.81. The number of rotatable bonds is 3. The average molecular weight is 366 g/mol. The van der Waals surface area contributed by atoms with Gasteiger partial charge in [-0.15, -0.1) is 0 Å². The molecule has 106 valence electrons. The molecule has 2 heterocycles. The molecular formula is C11H16BrN3O2S2. The molecule has 1 saturated heterocycles. The van der Waals surface area contributed by atoms with E-state index in [9.17, 15) is 8.42 Å². The number of anilines is 1. The molecular weight excluding hydrogens is 350 g/mol. The summed E-state index contributed by atoms with van der Waals surface area (Å²) in [6.45, 7) is 1.01. The van der Waals surface area contributed by atoms with Crippen LogP contribution in [0.25, 0.3) is 0 Å². The Kier molecular flexibility index (Phi) is 4.75. The number of nitrogens with two attached hydrogens (primary N) is 1. The summed E-state index contributed by atoms with van der Waals surface area (Å²) in [6, 6.07) is 1.89. The number of hydrogen-bond acceptors (Lipinski definition) is 6. The third kappa shape index (κ3) is 3.42. The van der Waals surface area contributed by atoms with Crippen LogP contribution in [-0.2, 0) is 16.4 Å². The zero-order valence-electron chi connectivity index (χ0n) is 10.5. The van der Waals surface area contributed by atoms with Gasteiger partial charge in [0.15, 0.2) is 9.84 Å². The molecule has 0 bridgehead atoms. The molecule has 0 radical (unpaired) electrons. The number of sulfone groups is 1. The number of aromatic nitrogens is 1. The van der Waals surface area contributed by atoms with Crippen molar-refractivity contribution in [3.8, 4) is 0 Å². The Morgan fingerprint density at radius 3 is 3.00 bits per heavy atom. The lowest BCUT2D eigenvalue weighted by molar-refractivity contribution is 0.583. The van der Waals surface area contributed by atoms with Crippen molar-refractivity contribution in [2.24, 2.45) is 5.73 Å². The third-order valence-electron chi connectivity index (χ3n) is 2.98. The van der Waals surface area contributed by atoms with Crippen molar-refractivity contribution in [1.29, 1.82) is 0 Å². The van der Waals surface area contributed by atoms with Crippen LogP contribution in [0.5, 0.6) is 0 Å². The summed E-state index contributed by atoms with van der Waals surface area (Å²) in [5.41, 5.74) is 6.59.